The first-order valence-electron chi connectivity index (χ1n) is 9.56. The van der Waals surface area contributed by atoms with E-state index in [0.717, 1.165) is 0 Å². The Morgan fingerprint density at radius 1 is 1.40 bits per heavy atom. The minimum Gasteiger partial charge on any atom is -0.396 e. The molecule has 3 rings (SSSR count). The lowest BCUT2D eigenvalue weighted by Gasteiger charge is -2.35. The van der Waals surface area contributed by atoms with E-state index in [1.807, 2.05) is 20.8 Å². The van der Waals surface area contributed by atoms with E-state index in [-0.39, 0.29) is 41.5 Å². The lowest BCUT2D eigenvalue weighted by Crippen LogP contribution is -2.51. The summed E-state index contributed by atoms with van der Waals surface area (Å²) in [6.45, 7) is 5.91. The molecule has 0 aliphatic carbocycles. The number of aliphatic hydroxyl groups excluding tert-OH is 1. The number of benzene rings is 1. The SMILES string of the molecule is CC(C)(C)NC(=O)N1Cc2c(C(N)=O)c(-c3ccc(F)c(Cl)c3)nn2C(CCO)C1. The molecular weight excluding hydrogens is 413 g/mol. The Kier molecular flexibility index (Phi) is 6.05. The average molecular weight is 438 g/mol. The number of hydrogen-bond donors (Lipinski definition) is 3. The van der Waals surface area contributed by atoms with Gasteiger partial charge >= 0.3 is 6.03 Å². The predicted molar refractivity (Wildman–Crippen MR) is 111 cm³/mol. The summed E-state index contributed by atoms with van der Waals surface area (Å²) in [5.74, 6) is -1.30. The summed E-state index contributed by atoms with van der Waals surface area (Å²) in [7, 11) is 0. The second-order valence-electron chi connectivity index (χ2n) is 8.33. The van der Waals surface area contributed by atoms with Crippen molar-refractivity contribution in [1.82, 2.24) is 20.0 Å². The fourth-order valence-electron chi connectivity index (χ4n) is 3.52. The predicted octanol–water partition coefficient (Wildman–Crippen LogP) is 2.69. The van der Waals surface area contributed by atoms with E-state index in [9.17, 15) is 19.1 Å². The lowest BCUT2D eigenvalue weighted by atomic mass is 10.0. The Morgan fingerprint density at radius 2 is 2.10 bits per heavy atom. The summed E-state index contributed by atoms with van der Waals surface area (Å²) < 4.78 is 15.2. The maximum Gasteiger partial charge on any atom is 0.318 e. The van der Waals surface area contributed by atoms with Crippen molar-refractivity contribution in [3.05, 3.63) is 40.3 Å². The number of carbonyl (C=O) groups is 2. The molecule has 1 atom stereocenters. The van der Waals surface area contributed by atoms with Crippen LogP contribution < -0.4 is 11.1 Å². The monoisotopic (exact) mass is 437 g/mol. The summed E-state index contributed by atoms with van der Waals surface area (Å²) in [6, 6.07) is 3.39. The number of primary amides is 1. The van der Waals surface area contributed by atoms with Crippen molar-refractivity contribution in [2.75, 3.05) is 13.2 Å². The van der Waals surface area contributed by atoms with Gasteiger partial charge < -0.3 is 21.1 Å². The fourth-order valence-corrected chi connectivity index (χ4v) is 3.70. The second kappa shape index (κ2) is 8.23. The van der Waals surface area contributed by atoms with Crippen molar-refractivity contribution in [3.63, 3.8) is 0 Å². The molecule has 4 N–H and O–H groups in total. The van der Waals surface area contributed by atoms with Gasteiger partial charge in [-0.3, -0.25) is 9.48 Å². The van der Waals surface area contributed by atoms with Gasteiger partial charge in [0.15, 0.2) is 0 Å². The van der Waals surface area contributed by atoms with E-state index in [1.54, 1.807) is 9.58 Å². The number of carbonyl (C=O) groups excluding carboxylic acids is 2. The number of amides is 3. The van der Waals surface area contributed by atoms with Gasteiger partial charge in [-0.15, -0.1) is 0 Å². The highest BCUT2D eigenvalue weighted by Crippen LogP contribution is 2.34. The molecule has 3 amide bonds. The van der Waals surface area contributed by atoms with Gasteiger partial charge in [0, 0.05) is 24.3 Å². The molecule has 0 fully saturated rings. The van der Waals surface area contributed by atoms with Crippen LogP contribution in [0.2, 0.25) is 5.02 Å². The standard InChI is InChI=1S/C20H25ClFN5O3/c1-20(2,3)24-19(30)26-9-12(6-7-28)27-15(10-26)16(18(23)29)17(25-27)11-4-5-14(22)13(21)8-11/h4-5,8,12,28H,6-7,9-10H2,1-3H3,(H2,23,29)(H,24,30). The van der Waals surface area contributed by atoms with Crippen molar-refractivity contribution in [2.24, 2.45) is 5.73 Å². The third-order valence-electron chi connectivity index (χ3n) is 4.80. The highest BCUT2D eigenvalue weighted by Gasteiger charge is 2.35. The van der Waals surface area contributed by atoms with E-state index in [4.69, 9.17) is 17.3 Å². The molecule has 2 heterocycles. The zero-order valence-electron chi connectivity index (χ0n) is 17.1. The van der Waals surface area contributed by atoms with Crippen molar-refractivity contribution >= 4 is 23.5 Å². The highest BCUT2D eigenvalue weighted by atomic mass is 35.5. The molecule has 1 aromatic carbocycles. The van der Waals surface area contributed by atoms with E-state index in [0.29, 0.717) is 24.2 Å². The van der Waals surface area contributed by atoms with Crippen LogP contribution in [-0.2, 0) is 6.54 Å². The van der Waals surface area contributed by atoms with Gasteiger partial charge in [0.05, 0.1) is 28.9 Å². The number of nitrogens with zero attached hydrogens (tertiary/aromatic N) is 3. The Bertz CT molecular complexity index is 986. The van der Waals surface area contributed by atoms with Crippen LogP contribution in [0.1, 0.15) is 49.3 Å². The maximum absolute atomic E-state index is 13.6. The Hall–Kier alpha value is -2.65. The summed E-state index contributed by atoms with van der Waals surface area (Å²) in [4.78, 5) is 26.7. The van der Waals surface area contributed by atoms with Crippen LogP contribution >= 0.6 is 11.6 Å². The maximum atomic E-state index is 13.6. The summed E-state index contributed by atoms with van der Waals surface area (Å²) in [5.41, 5.74) is 6.53. The van der Waals surface area contributed by atoms with Crippen LogP contribution in [0.3, 0.4) is 0 Å². The number of nitrogens with one attached hydrogen (secondary N) is 1. The smallest absolute Gasteiger partial charge is 0.318 e. The van der Waals surface area contributed by atoms with Crippen molar-refractivity contribution < 1.29 is 19.1 Å². The van der Waals surface area contributed by atoms with E-state index in [1.165, 1.54) is 18.2 Å². The third-order valence-corrected chi connectivity index (χ3v) is 5.09. The quantitative estimate of drug-likeness (QED) is 0.682. The first kappa shape index (κ1) is 22.0. The molecular formula is C20H25ClFN5O3. The second-order valence-corrected chi connectivity index (χ2v) is 8.74. The minimum absolute atomic E-state index is 0.105. The van der Waals surface area contributed by atoms with Gasteiger partial charge in [-0.25, -0.2) is 9.18 Å². The van der Waals surface area contributed by atoms with E-state index in [2.05, 4.69) is 10.4 Å². The molecule has 0 radical (unpaired) electrons. The molecule has 10 heteroatoms. The number of urea groups is 1. The summed E-state index contributed by atoms with van der Waals surface area (Å²) >= 11 is 5.91. The molecule has 30 heavy (non-hydrogen) atoms. The Morgan fingerprint density at radius 3 is 2.67 bits per heavy atom. The van der Waals surface area contributed by atoms with Crippen LogP contribution in [0.5, 0.6) is 0 Å². The van der Waals surface area contributed by atoms with Crippen LogP contribution in [-0.4, -0.2) is 50.4 Å². The molecule has 1 aliphatic heterocycles. The molecule has 0 spiro atoms. The number of hydrogen-bond acceptors (Lipinski definition) is 4. The third kappa shape index (κ3) is 4.41. The summed E-state index contributed by atoms with van der Waals surface area (Å²) in [5, 5.41) is 16.9. The molecule has 1 unspecified atom stereocenters. The van der Waals surface area contributed by atoms with Crippen LogP contribution in [0.15, 0.2) is 18.2 Å². The number of nitrogens with two attached hydrogens (primary N) is 1. The first-order valence-corrected chi connectivity index (χ1v) is 9.94. The molecule has 2 aromatic rings. The molecule has 0 bridgehead atoms. The van der Waals surface area contributed by atoms with Gasteiger partial charge in [-0.1, -0.05) is 11.6 Å². The van der Waals surface area contributed by atoms with Crippen LogP contribution in [0, 0.1) is 5.82 Å². The van der Waals surface area contributed by atoms with Gasteiger partial charge in [0.1, 0.15) is 11.5 Å². The number of aromatic nitrogens is 2. The molecule has 0 saturated carbocycles. The topological polar surface area (TPSA) is 113 Å². The van der Waals surface area contributed by atoms with Crippen molar-refractivity contribution in [3.8, 4) is 11.3 Å². The Balaban J connectivity index is 2.10. The van der Waals surface area contributed by atoms with E-state index >= 15 is 0 Å². The van der Waals surface area contributed by atoms with Crippen LogP contribution in [0.25, 0.3) is 11.3 Å². The number of aliphatic hydroxyl groups is 1. The molecule has 0 saturated heterocycles. The van der Waals surface area contributed by atoms with Gasteiger partial charge in [0.2, 0.25) is 0 Å². The molecule has 162 valence electrons. The summed E-state index contributed by atoms with van der Waals surface area (Å²) in [6.07, 6.45) is 0.329. The van der Waals surface area contributed by atoms with Crippen molar-refractivity contribution in [2.45, 2.75) is 45.3 Å². The zero-order chi connectivity index (χ0) is 22.2. The minimum atomic E-state index is -0.715. The van der Waals surface area contributed by atoms with E-state index < -0.39 is 17.3 Å². The normalized spacial score (nSPS) is 16.3. The number of halogens is 2. The molecule has 1 aliphatic rings. The first-order chi connectivity index (χ1) is 14.0. The van der Waals surface area contributed by atoms with Crippen LogP contribution in [0.4, 0.5) is 9.18 Å². The number of rotatable bonds is 4. The molecule has 1 aromatic heterocycles. The van der Waals surface area contributed by atoms with Gasteiger partial charge in [0.25, 0.3) is 5.91 Å². The van der Waals surface area contributed by atoms with Crippen molar-refractivity contribution in [1.29, 1.82) is 0 Å². The van der Waals surface area contributed by atoms with Gasteiger partial charge in [-0.2, -0.15) is 5.10 Å². The number of fused-ring (bicyclic) bond motifs is 1. The average Bonchev–Trinajstić information content (AvgIpc) is 3.02. The largest absolute Gasteiger partial charge is 0.396 e. The Labute approximate surface area is 178 Å². The lowest BCUT2D eigenvalue weighted by molar-refractivity contribution is 0.0994. The fraction of sp³-hybridized carbons (Fsp3) is 0.450. The zero-order valence-corrected chi connectivity index (χ0v) is 17.8. The van der Waals surface area contributed by atoms with Gasteiger partial charge in [-0.05, 0) is 45.4 Å². The highest BCUT2D eigenvalue weighted by molar-refractivity contribution is 6.31. The molecule has 8 nitrogen and oxygen atoms in total.